The summed E-state index contributed by atoms with van der Waals surface area (Å²) in [7, 11) is 6.24. The Morgan fingerprint density at radius 1 is 0.800 bits per heavy atom. The van der Waals surface area contributed by atoms with Gasteiger partial charge < -0.3 is 23.8 Å². The van der Waals surface area contributed by atoms with Gasteiger partial charge in [-0.15, -0.1) is 11.3 Å². The van der Waals surface area contributed by atoms with Crippen molar-refractivity contribution in [2.75, 3.05) is 28.4 Å². The van der Waals surface area contributed by atoms with Gasteiger partial charge in [-0.3, -0.25) is 4.79 Å². The minimum absolute atomic E-state index is 0.174. The Morgan fingerprint density at radius 2 is 1.47 bits per heavy atom. The van der Waals surface area contributed by atoms with Gasteiger partial charge in [0.25, 0.3) is 5.91 Å². The molecule has 3 rings (SSSR count). The molecular weight excluding hydrogens is 402 g/mol. The molecule has 0 fully saturated rings. The second-order valence-corrected chi connectivity index (χ2v) is 7.49. The average molecular weight is 428 g/mol. The molecule has 0 spiro atoms. The number of rotatable bonds is 9. The van der Waals surface area contributed by atoms with Crippen molar-refractivity contribution in [1.29, 1.82) is 0 Å². The topological polar surface area (TPSA) is 57.2 Å². The minimum Gasteiger partial charge on any atom is -0.496 e. The maximum atomic E-state index is 13.6. The van der Waals surface area contributed by atoms with Gasteiger partial charge in [-0.1, -0.05) is 24.3 Å². The van der Waals surface area contributed by atoms with E-state index in [1.165, 1.54) is 14.2 Å². The van der Waals surface area contributed by atoms with Gasteiger partial charge in [0.2, 0.25) is 0 Å². The molecule has 0 N–H and O–H groups in total. The average Bonchev–Trinajstić information content (AvgIpc) is 3.30. The first kappa shape index (κ1) is 21.5. The lowest BCUT2D eigenvalue weighted by molar-refractivity contribution is 0.0726. The first-order valence-corrected chi connectivity index (χ1v) is 10.2. The number of benzene rings is 2. The summed E-state index contributed by atoms with van der Waals surface area (Å²) in [5.74, 6) is 1.96. The molecule has 3 aromatic rings. The predicted molar refractivity (Wildman–Crippen MR) is 117 cm³/mol. The van der Waals surface area contributed by atoms with Crippen molar-refractivity contribution in [3.8, 4) is 23.0 Å². The van der Waals surface area contributed by atoms with Crippen LogP contribution in [0.5, 0.6) is 23.0 Å². The molecule has 0 saturated carbocycles. The van der Waals surface area contributed by atoms with Gasteiger partial charge in [-0.25, -0.2) is 0 Å². The fourth-order valence-corrected chi connectivity index (χ4v) is 3.92. The third-order valence-electron chi connectivity index (χ3n) is 4.70. The highest BCUT2D eigenvalue weighted by molar-refractivity contribution is 7.09. The Morgan fingerprint density at radius 3 is 2.10 bits per heavy atom. The van der Waals surface area contributed by atoms with Gasteiger partial charge in [-0.2, -0.15) is 0 Å². The number of nitrogens with zero attached hydrogens (tertiary/aromatic N) is 1. The Labute approximate surface area is 180 Å². The van der Waals surface area contributed by atoms with Crippen molar-refractivity contribution in [2.45, 2.75) is 13.1 Å². The minimum atomic E-state index is -0.174. The highest BCUT2D eigenvalue weighted by atomic mass is 32.1. The standard InChI is InChI=1S/C23H25NO5S/c1-26-19-10-6-5-8-16(19)14-24(15-17-9-7-11-30-17)23(25)18-12-21(28-3)22(29-4)13-20(18)27-2/h5-13H,14-15H2,1-4H3. The van der Waals surface area contributed by atoms with E-state index in [0.29, 0.717) is 35.9 Å². The van der Waals surface area contributed by atoms with E-state index in [2.05, 4.69) is 0 Å². The zero-order valence-corrected chi connectivity index (χ0v) is 18.3. The number of carbonyl (C=O) groups is 1. The van der Waals surface area contributed by atoms with Crippen LogP contribution in [0, 0.1) is 0 Å². The van der Waals surface area contributed by atoms with Crippen LogP contribution in [0.1, 0.15) is 20.8 Å². The molecule has 7 heteroatoms. The van der Waals surface area contributed by atoms with E-state index >= 15 is 0 Å². The van der Waals surface area contributed by atoms with Gasteiger partial charge >= 0.3 is 0 Å². The third-order valence-corrected chi connectivity index (χ3v) is 5.56. The highest BCUT2D eigenvalue weighted by Gasteiger charge is 2.24. The molecule has 0 aliphatic heterocycles. The molecular formula is C23H25NO5S. The van der Waals surface area contributed by atoms with Crippen LogP contribution in [0.2, 0.25) is 0 Å². The van der Waals surface area contributed by atoms with E-state index in [-0.39, 0.29) is 5.91 Å². The van der Waals surface area contributed by atoms with E-state index < -0.39 is 0 Å². The van der Waals surface area contributed by atoms with Crippen molar-refractivity contribution < 1.29 is 23.7 Å². The molecule has 0 saturated heterocycles. The van der Waals surface area contributed by atoms with Crippen LogP contribution in [0.25, 0.3) is 0 Å². The van der Waals surface area contributed by atoms with Gasteiger partial charge in [-0.05, 0) is 17.5 Å². The Bertz CT molecular complexity index is 987. The van der Waals surface area contributed by atoms with Crippen LogP contribution in [0.3, 0.4) is 0 Å². The normalized spacial score (nSPS) is 10.4. The van der Waals surface area contributed by atoms with E-state index in [4.69, 9.17) is 18.9 Å². The van der Waals surface area contributed by atoms with Crippen LogP contribution < -0.4 is 18.9 Å². The number of hydrogen-bond donors (Lipinski definition) is 0. The molecule has 0 unspecified atom stereocenters. The summed E-state index contributed by atoms with van der Waals surface area (Å²) in [6.07, 6.45) is 0. The number of thiophene rings is 1. The SMILES string of the molecule is COc1ccccc1CN(Cc1cccs1)C(=O)c1cc(OC)c(OC)cc1OC. The van der Waals surface area contributed by atoms with Crippen LogP contribution in [-0.4, -0.2) is 39.2 Å². The molecule has 0 radical (unpaired) electrons. The first-order chi connectivity index (χ1) is 14.6. The Kier molecular flexibility index (Phi) is 7.19. The quantitative estimate of drug-likeness (QED) is 0.499. The fourth-order valence-electron chi connectivity index (χ4n) is 3.20. The van der Waals surface area contributed by atoms with Crippen LogP contribution >= 0.6 is 11.3 Å². The number of amides is 1. The van der Waals surface area contributed by atoms with Gasteiger partial charge in [0.1, 0.15) is 11.5 Å². The van der Waals surface area contributed by atoms with Crippen LogP contribution in [-0.2, 0) is 13.1 Å². The molecule has 30 heavy (non-hydrogen) atoms. The zero-order chi connectivity index (χ0) is 21.5. The summed E-state index contributed by atoms with van der Waals surface area (Å²) in [5.41, 5.74) is 1.32. The van der Waals surface area contributed by atoms with E-state index in [1.807, 2.05) is 41.8 Å². The van der Waals surface area contributed by atoms with Crippen LogP contribution in [0.4, 0.5) is 0 Å². The summed E-state index contributed by atoms with van der Waals surface area (Å²) in [5, 5.41) is 2.00. The number of methoxy groups -OCH3 is 4. The lowest BCUT2D eigenvalue weighted by atomic mass is 10.1. The maximum absolute atomic E-state index is 13.6. The summed E-state index contributed by atoms with van der Waals surface area (Å²) in [6, 6.07) is 15.0. The number of carbonyl (C=O) groups excluding carboxylic acids is 1. The monoisotopic (exact) mass is 427 g/mol. The molecule has 0 bridgehead atoms. The molecule has 0 aliphatic rings. The second kappa shape index (κ2) is 10.0. The zero-order valence-electron chi connectivity index (χ0n) is 17.5. The number of hydrogen-bond acceptors (Lipinski definition) is 6. The van der Waals surface area contributed by atoms with Gasteiger partial charge in [0, 0.05) is 22.6 Å². The summed E-state index contributed by atoms with van der Waals surface area (Å²) < 4.78 is 21.7. The molecule has 1 heterocycles. The van der Waals surface area contributed by atoms with Crippen molar-refractivity contribution in [3.63, 3.8) is 0 Å². The first-order valence-electron chi connectivity index (χ1n) is 9.34. The van der Waals surface area contributed by atoms with E-state index in [1.54, 1.807) is 42.6 Å². The van der Waals surface area contributed by atoms with Crippen LogP contribution in [0.15, 0.2) is 53.9 Å². The lowest BCUT2D eigenvalue weighted by Gasteiger charge is -2.25. The maximum Gasteiger partial charge on any atom is 0.258 e. The highest BCUT2D eigenvalue weighted by Crippen LogP contribution is 2.36. The van der Waals surface area contributed by atoms with Crippen molar-refractivity contribution >= 4 is 17.2 Å². The molecule has 1 amide bonds. The third kappa shape index (κ3) is 4.68. The van der Waals surface area contributed by atoms with Gasteiger partial charge in [0.05, 0.1) is 47.1 Å². The predicted octanol–water partition coefficient (Wildman–Crippen LogP) is 4.63. The largest absolute Gasteiger partial charge is 0.496 e. The summed E-state index contributed by atoms with van der Waals surface area (Å²) >= 11 is 1.61. The van der Waals surface area contributed by atoms with Gasteiger partial charge in [0.15, 0.2) is 11.5 Å². The molecule has 1 aromatic heterocycles. The van der Waals surface area contributed by atoms with E-state index in [9.17, 15) is 4.79 Å². The Balaban J connectivity index is 2.01. The summed E-state index contributed by atoms with van der Waals surface area (Å²) in [4.78, 5) is 16.5. The fraction of sp³-hybridized carbons (Fsp3) is 0.261. The number of ether oxygens (including phenoxy) is 4. The summed E-state index contributed by atoms with van der Waals surface area (Å²) in [6.45, 7) is 0.851. The number of para-hydroxylation sites is 1. The smallest absolute Gasteiger partial charge is 0.258 e. The van der Waals surface area contributed by atoms with Crippen molar-refractivity contribution in [1.82, 2.24) is 4.90 Å². The second-order valence-electron chi connectivity index (χ2n) is 6.46. The van der Waals surface area contributed by atoms with Crippen molar-refractivity contribution in [2.24, 2.45) is 0 Å². The van der Waals surface area contributed by atoms with Crippen molar-refractivity contribution in [3.05, 3.63) is 69.9 Å². The molecule has 2 aromatic carbocycles. The molecule has 0 aliphatic carbocycles. The molecule has 6 nitrogen and oxygen atoms in total. The molecule has 158 valence electrons. The lowest BCUT2D eigenvalue weighted by Crippen LogP contribution is -2.30. The molecule has 0 atom stereocenters. The Hall–Kier alpha value is -3.19. The van der Waals surface area contributed by atoms with E-state index in [0.717, 1.165) is 16.2 Å².